The minimum Gasteiger partial charge on any atom is -0.387 e. The zero-order valence-electron chi connectivity index (χ0n) is 23.7. The fourth-order valence-corrected chi connectivity index (χ4v) is 6.87. The molecule has 1 aliphatic heterocycles. The molecule has 0 aliphatic carbocycles. The van der Waals surface area contributed by atoms with Crippen LogP contribution in [0.4, 0.5) is 0 Å². The Kier molecular flexibility index (Phi) is 10.4. The molecule has 5 rings (SSSR count). The first-order valence-electron chi connectivity index (χ1n) is 13.2. The molecule has 1 aliphatic rings. The summed E-state index contributed by atoms with van der Waals surface area (Å²) in [5, 5.41) is 17.0. The van der Waals surface area contributed by atoms with Gasteiger partial charge < -0.3 is 14.6 Å². The van der Waals surface area contributed by atoms with Crippen molar-refractivity contribution in [1.82, 2.24) is 14.8 Å². The Morgan fingerprint density at radius 1 is 0.932 bits per heavy atom. The average molecular weight is 689 g/mol. The minimum atomic E-state index is -4.47. The predicted octanol–water partition coefficient (Wildman–Crippen LogP) is 4.68. The van der Waals surface area contributed by atoms with Gasteiger partial charge in [0.2, 0.25) is 0 Å². The third kappa shape index (κ3) is 7.76. The second kappa shape index (κ2) is 13.4. The fourth-order valence-electron chi connectivity index (χ4n) is 4.95. The molecule has 1 unspecified atom stereocenters. The molecule has 12 nitrogen and oxygen atoms in total. The van der Waals surface area contributed by atoms with Gasteiger partial charge >= 0.3 is 0 Å². The second-order valence-corrected chi connectivity index (χ2v) is 14.3. The molecule has 44 heavy (non-hydrogen) atoms. The monoisotopic (exact) mass is 687 g/mol. The molecule has 0 radical (unpaired) electrons. The van der Waals surface area contributed by atoms with Crippen LogP contribution in [0.5, 0.6) is 0 Å². The van der Waals surface area contributed by atoms with Crippen molar-refractivity contribution in [3.05, 3.63) is 82.9 Å². The van der Waals surface area contributed by atoms with E-state index in [1.54, 1.807) is 23.1 Å². The van der Waals surface area contributed by atoms with Gasteiger partial charge in [-0.05, 0) is 42.7 Å². The summed E-state index contributed by atoms with van der Waals surface area (Å²) < 4.78 is 75.7. The van der Waals surface area contributed by atoms with Crippen molar-refractivity contribution in [2.45, 2.75) is 54.9 Å². The molecule has 2 heterocycles. The highest BCUT2D eigenvalue weighted by molar-refractivity contribution is 7.86. The van der Waals surface area contributed by atoms with Crippen LogP contribution in [0.3, 0.4) is 0 Å². The number of aliphatic hydroxyl groups is 1. The van der Waals surface area contributed by atoms with Crippen molar-refractivity contribution in [3.63, 3.8) is 0 Å². The van der Waals surface area contributed by atoms with Crippen LogP contribution >= 0.6 is 23.2 Å². The molecule has 4 aromatic rings. The quantitative estimate of drug-likeness (QED) is 0.208. The maximum absolute atomic E-state index is 11.7. The van der Waals surface area contributed by atoms with E-state index in [0.29, 0.717) is 36.1 Å². The first-order valence-corrected chi connectivity index (χ1v) is 16.9. The summed E-state index contributed by atoms with van der Waals surface area (Å²) in [6.07, 6.45) is 3.58. The average Bonchev–Trinajstić information content (AvgIpc) is 3.66. The van der Waals surface area contributed by atoms with Gasteiger partial charge in [-0.25, -0.2) is 4.98 Å². The van der Waals surface area contributed by atoms with Crippen LogP contribution in [0.15, 0.2) is 77.0 Å². The second-order valence-electron chi connectivity index (χ2n) is 10.7. The number of aromatic nitrogens is 3. The number of nitrogens with zero attached hydrogens (tertiary/aromatic N) is 3. The van der Waals surface area contributed by atoms with E-state index in [-0.39, 0.29) is 17.3 Å². The maximum atomic E-state index is 11.7. The SMILES string of the molecule is CC(C)(C1OCCO1)C(O)(CCc1ccc(Cl)cc1Cl)Cn1cncn1.O=S(=O)(O)c1cccc2c(S(=O)(=O)O)cccc12. The van der Waals surface area contributed by atoms with Crippen molar-refractivity contribution in [2.24, 2.45) is 5.41 Å². The molecule has 238 valence electrons. The molecule has 0 saturated carbocycles. The van der Waals surface area contributed by atoms with Gasteiger partial charge in [-0.1, -0.05) is 67.4 Å². The highest BCUT2D eigenvalue weighted by Gasteiger charge is 2.51. The van der Waals surface area contributed by atoms with Gasteiger partial charge in [0.1, 0.15) is 22.4 Å². The van der Waals surface area contributed by atoms with Gasteiger partial charge in [-0.15, -0.1) is 0 Å². The van der Waals surface area contributed by atoms with E-state index in [0.717, 1.165) is 17.7 Å². The molecule has 3 N–H and O–H groups in total. The molecular formula is C28H31Cl2N3O9S2. The maximum Gasteiger partial charge on any atom is 0.295 e. The molecule has 1 fully saturated rings. The van der Waals surface area contributed by atoms with Gasteiger partial charge in [-0.3, -0.25) is 13.8 Å². The van der Waals surface area contributed by atoms with Crippen LogP contribution in [0, 0.1) is 5.41 Å². The van der Waals surface area contributed by atoms with Gasteiger partial charge in [0, 0.05) is 26.2 Å². The van der Waals surface area contributed by atoms with Gasteiger partial charge in [0.25, 0.3) is 20.2 Å². The van der Waals surface area contributed by atoms with E-state index < -0.39 is 47.3 Å². The van der Waals surface area contributed by atoms with Crippen LogP contribution in [0.1, 0.15) is 25.8 Å². The van der Waals surface area contributed by atoms with Crippen molar-refractivity contribution in [2.75, 3.05) is 13.2 Å². The molecular weight excluding hydrogens is 657 g/mol. The lowest BCUT2D eigenvalue weighted by atomic mass is 9.71. The summed E-state index contributed by atoms with van der Waals surface area (Å²) in [6, 6.07) is 12.9. The van der Waals surface area contributed by atoms with E-state index in [4.69, 9.17) is 41.8 Å². The number of ether oxygens (including phenoxy) is 2. The van der Waals surface area contributed by atoms with Crippen molar-refractivity contribution < 1.29 is 40.5 Å². The summed E-state index contributed by atoms with van der Waals surface area (Å²) in [6.45, 7) is 5.22. The lowest BCUT2D eigenvalue weighted by Crippen LogP contribution is -2.54. The van der Waals surface area contributed by atoms with E-state index in [1.807, 2.05) is 19.9 Å². The van der Waals surface area contributed by atoms with Crippen LogP contribution in [-0.2, 0) is 42.7 Å². The molecule has 1 aromatic heterocycles. The predicted molar refractivity (Wildman–Crippen MR) is 163 cm³/mol. The standard InChI is InChI=1S/C18H23Cl2N3O3.C10H8O6S2/c1-17(2,16-25-7-8-26-16)18(24,10-23-12-21-11-22-23)6-5-13-3-4-14(19)9-15(13)20;11-17(12,13)9-5-1-3-7-8(9)4-2-6-10(7)18(14,15)16/h3-4,9,11-12,16,24H,5-8,10H2,1-2H3;1-6H,(H,11,12,13)(H,14,15,16). The highest BCUT2D eigenvalue weighted by Crippen LogP contribution is 2.42. The lowest BCUT2D eigenvalue weighted by molar-refractivity contribution is -0.208. The van der Waals surface area contributed by atoms with Gasteiger partial charge in [0.15, 0.2) is 6.29 Å². The number of hydrogen-bond acceptors (Lipinski definition) is 9. The highest BCUT2D eigenvalue weighted by atomic mass is 35.5. The molecule has 16 heteroatoms. The number of fused-ring (bicyclic) bond motifs is 1. The van der Waals surface area contributed by atoms with E-state index in [2.05, 4.69) is 10.1 Å². The number of halogens is 2. The van der Waals surface area contributed by atoms with E-state index >= 15 is 0 Å². The number of aryl methyl sites for hydroxylation is 1. The summed E-state index contributed by atoms with van der Waals surface area (Å²) in [7, 11) is -8.94. The molecule has 3 aromatic carbocycles. The Morgan fingerprint density at radius 2 is 1.50 bits per heavy atom. The third-order valence-electron chi connectivity index (χ3n) is 7.52. The summed E-state index contributed by atoms with van der Waals surface area (Å²) in [5.41, 5.74) is -0.898. The summed E-state index contributed by atoms with van der Waals surface area (Å²) >= 11 is 12.3. The molecule has 0 amide bonds. The molecule has 0 bridgehead atoms. The Balaban J connectivity index is 0.000000215. The Hall–Kier alpha value is -2.66. The van der Waals surface area contributed by atoms with Crippen LogP contribution in [-0.4, -0.2) is 70.9 Å². The van der Waals surface area contributed by atoms with E-state index in [9.17, 15) is 21.9 Å². The van der Waals surface area contributed by atoms with E-state index in [1.165, 1.54) is 30.6 Å². The summed E-state index contributed by atoms with van der Waals surface area (Å²) in [5.74, 6) is 0. The smallest absolute Gasteiger partial charge is 0.295 e. The topological polar surface area (TPSA) is 178 Å². The Morgan fingerprint density at radius 3 is 1.98 bits per heavy atom. The molecule has 0 spiro atoms. The first kappa shape index (κ1) is 34.2. The van der Waals surface area contributed by atoms with Crippen LogP contribution < -0.4 is 0 Å². The van der Waals surface area contributed by atoms with Crippen molar-refractivity contribution in [3.8, 4) is 0 Å². The van der Waals surface area contributed by atoms with Gasteiger partial charge in [0.05, 0.1) is 25.4 Å². The Labute approximate surface area is 265 Å². The largest absolute Gasteiger partial charge is 0.387 e. The first-order chi connectivity index (χ1) is 20.5. The molecule has 1 atom stereocenters. The minimum absolute atomic E-state index is 0.0233. The van der Waals surface area contributed by atoms with Crippen molar-refractivity contribution >= 4 is 54.2 Å². The number of rotatable bonds is 9. The lowest BCUT2D eigenvalue weighted by Gasteiger charge is -2.45. The zero-order valence-corrected chi connectivity index (χ0v) is 26.8. The number of benzene rings is 3. The van der Waals surface area contributed by atoms with Crippen molar-refractivity contribution in [1.29, 1.82) is 0 Å². The third-order valence-corrected chi connectivity index (χ3v) is 9.93. The van der Waals surface area contributed by atoms with Crippen LogP contribution in [0.25, 0.3) is 10.8 Å². The van der Waals surface area contributed by atoms with Crippen LogP contribution in [0.2, 0.25) is 10.0 Å². The molecule has 1 saturated heterocycles. The Bertz CT molecular complexity index is 1760. The van der Waals surface area contributed by atoms with Gasteiger partial charge in [-0.2, -0.15) is 21.9 Å². The summed E-state index contributed by atoms with van der Waals surface area (Å²) in [4.78, 5) is 3.15. The zero-order chi connectivity index (χ0) is 32.3. The fraction of sp³-hybridized carbons (Fsp3) is 0.357. The number of hydrogen-bond donors (Lipinski definition) is 3. The normalized spacial score (nSPS) is 16.0.